The van der Waals surface area contributed by atoms with Crippen LogP contribution < -0.4 is 5.32 Å². The van der Waals surface area contributed by atoms with Gasteiger partial charge in [-0.3, -0.25) is 0 Å². The number of hydrogen-bond donors (Lipinski definition) is 2. The summed E-state index contributed by atoms with van der Waals surface area (Å²) in [6.45, 7) is 0. The molecule has 1 fully saturated rings. The number of anilines is 1. The van der Waals surface area contributed by atoms with Gasteiger partial charge < -0.3 is 10.4 Å². The molecule has 0 saturated carbocycles. The second kappa shape index (κ2) is 5.40. The highest BCUT2D eigenvalue weighted by molar-refractivity contribution is 7.99. The van der Waals surface area contributed by atoms with Crippen LogP contribution in [0.15, 0.2) is 24.3 Å². The van der Waals surface area contributed by atoms with Crippen LogP contribution in [0.2, 0.25) is 0 Å². The molecule has 1 saturated heterocycles. The summed E-state index contributed by atoms with van der Waals surface area (Å²) in [5, 5.41) is 12.2. The van der Waals surface area contributed by atoms with E-state index in [2.05, 4.69) is 5.32 Å². The van der Waals surface area contributed by atoms with E-state index in [1.807, 2.05) is 0 Å². The van der Waals surface area contributed by atoms with Gasteiger partial charge in [0, 0.05) is 5.69 Å². The zero-order valence-corrected chi connectivity index (χ0v) is 10.0. The lowest BCUT2D eigenvalue weighted by molar-refractivity contribution is -0.138. The van der Waals surface area contributed by atoms with Crippen molar-refractivity contribution in [3.05, 3.63) is 30.1 Å². The predicted octanol–water partition coefficient (Wildman–Crippen LogP) is 2.44. The van der Waals surface area contributed by atoms with Crippen LogP contribution in [-0.2, 0) is 4.79 Å². The third-order valence-corrected chi connectivity index (χ3v) is 4.06. The van der Waals surface area contributed by atoms with Gasteiger partial charge in [-0.15, -0.1) is 0 Å². The fourth-order valence-corrected chi connectivity index (χ4v) is 3.22. The molecule has 2 atom stereocenters. The van der Waals surface area contributed by atoms with Crippen molar-refractivity contribution in [1.29, 1.82) is 0 Å². The Kier molecular flexibility index (Phi) is 3.89. The summed E-state index contributed by atoms with van der Waals surface area (Å²) in [5.41, 5.74) is 0.649. The third-order valence-electron chi connectivity index (χ3n) is 2.87. The van der Waals surface area contributed by atoms with Crippen molar-refractivity contribution in [2.75, 3.05) is 16.8 Å². The first-order chi connectivity index (χ1) is 8.16. The largest absolute Gasteiger partial charge is 0.480 e. The number of carbonyl (C=O) groups is 1. The topological polar surface area (TPSA) is 49.3 Å². The Morgan fingerprint density at radius 2 is 2.18 bits per heavy atom. The van der Waals surface area contributed by atoms with Crippen LogP contribution in [0.3, 0.4) is 0 Å². The maximum absolute atomic E-state index is 12.7. The SMILES string of the molecule is O=C(O)C(Nc1ccc(F)cc1)C1CCSC1. The number of benzene rings is 1. The Morgan fingerprint density at radius 1 is 1.47 bits per heavy atom. The molecule has 1 heterocycles. The van der Waals surface area contributed by atoms with Gasteiger partial charge in [0.25, 0.3) is 0 Å². The lowest BCUT2D eigenvalue weighted by Crippen LogP contribution is -2.37. The number of carboxylic acid groups (broad SMARTS) is 1. The Labute approximate surface area is 103 Å². The van der Waals surface area contributed by atoms with E-state index >= 15 is 0 Å². The Balaban J connectivity index is 2.06. The smallest absolute Gasteiger partial charge is 0.326 e. The molecule has 1 aromatic carbocycles. The monoisotopic (exact) mass is 255 g/mol. The molecule has 0 spiro atoms. The minimum Gasteiger partial charge on any atom is -0.480 e. The van der Waals surface area contributed by atoms with Crippen molar-refractivity contribution >= 4 is 23.4 Å². The van der Waals surface area contributed by atoms with E-state index in [0.717, 1.165) is 17.9 Å². The highest BCUT2D eigenvalue weighted by Gasteiger charge is 2.30. The Morgan fingerprint density at radius 3 is 2.71 bits per heavy atom. The van der Waals surface area contributed by atoms with E-state index in [-0.39, 0.29) is 11.7 Å². The molecule has 92 valence electrons. The van der Waals surface area contributed by atoms with Crippen LogP contribution in [0.4, 0.5) is 10.1 Å². The quantitative estimate of drug-likeness (QED) is 0.867. The Bertz CT molecular complexity index is 390. The molecule has 0 aliphatic carbocycles. The summed E-state index contributed by atoms with van der Waals surface area (Å²) < 4.78 is 12.7. The maximum atomic E-state index is 12.7. The van der Waals surface area contributed by atoms with Gasteiger partial charge in [0.1, 0.15) is 11.9 Å². The van der Waals surface area contributed by atoms with E-state index in [1.165, 1.54) is 12.1 Å². The number of aliphatic carboxylic acids is 1. The number of hydrogen-bond acceptors (Lipinski definition) is 3. The molecular weight excluding hydrogens is 241 g/mol. The summed E-state index contributed by atoms with van der Waals surface area (Å²) >= 11 is 1.78. The molecule has 2 rings (SSSR count). The van der Waals surface area contributed by atoms with E-state index in [4.69, 9.17) is 0 Å². The van der Waals surface area contributed by atoms with Crippen molar-refractivity contribution in [1.82, 2.24) is 0 Å². The molecule has 1 aromatic rings. The Hall–Kier alpha value is -1.23. The standard InChI is InChI=1S/C12H14FNO2S/c13-9-1-3-10(4-2-9)14-11(12(15)16)8-5-6-17-7-8/h1-4,8,11,14H,5-7H2,(H,15,16). The lowest BCUT2D eigenvalue weighted by Gasteiger charge is -2.21. The van der Waals surface area contributed by atoms with Crippen LogP contribution in [-0.4, -0.2) is 28.6 Å². The van der Waals surface area contributed by atoms with Crippen LogP contribution in [0, 0.1) is 11.7 Å². The minimum absolute atomic E-state index is 0.141. The van der Waals surface area contributed by atoms with Gasteiger partial charge in [0.05, 0.1) is 0 Å². The van der Waals surface area contributed by atoms with Gasteiger partial charge in [-0.1, -0.05) is 0 Å². The van der Waals surface area contributed by atoms with Crippen molar-refractivity contribution in [2.24, 2.45) is 5.92 Å². The highest BCUT2D eigenvalue weighted by atomic mass is 32.2. The van der Waals surface area contributed by atoms with E-state index in [9.17, 15) is 14.3 Å². The second-order valence-corrected chi connectivity index (χ2v) is 5.24. The van der Waals surface area contributed by atoms with Crippen molar-refractivity contribution in [2.45, 2.75) is 12.5 Å². The number of nitrogens with one attached hydrogen (secondary N) is 1. The molecule has 5 heteroatoms. The van der Waals surface area contributed by atoms with Gasteiger partial charge in [-0.25, -0.2) is 9.18 Å². The predicted molar refractivity (Wildman–Crippen MR) is 66.9 cm³/mol. The zero-order valence-electron chi connectivity index (χ0n) is 9.23. The molecule has 1 aliphatic rings. The first-order valence-corrected chi connectivity index (χ1v) is 6.65. The van der Waals surface area contributed by atoms with E-state index < -0.39 is 12.0 Å². The fourth-order valence-electron chi connectivity index (χ4n) is 1.92. The first kappa shape index (κ1) is 12.2. The maximum Gasteiger partial charge on any atom is 0.326 e. The molecule has 0 radical (unpaired) electrons. The van der Waals surface area contributed by atoms with Gasteiger partial charge in [-0.2, -0.15) is 11.8 Å². The normalized spacial score (nSPS) is 21.1. The molecule has 0 bridgehead atoms. The molecule has 2 N–H and O–H groups in total. The summed E-state index contributed by atoms with van der Waals surface area (Å²) in [6.07, 6.45) is 0.913. The van der Waals surface area contributed by atoms with Crippen LogP contribution in [0.1, 0.15) is 6.42 Å². The molecule has 0 amide bonds. The van der Waals surface area contributed by atoms with Crippen molar-refractivity contribution in [3.8, 4) is 0 Å². The summed E-state index contributed by atoms with van der Waals surface area (Å²) in [4.78, 5) is 11.2. The van der Waals surface area contributed by atoms with Crippen LogP contribution in [0.25, 0.3) is 0 Å². The molecule has 2 unspecified atom stereocenters. The fraction of sp³-hybridized carbons (Fsp3) is 0.417. The number of carboxylic acids is 1. The van der Waals surface area contributed by atoms with Gasteiger partial charge in [0.15, 0.2) is 0 Å². The van der Waals surface area contributed by atoms with E-state index in [1.54, 1.807) is 23.9 Å². The van der Waals surface area contributed by atoms with Crippen LogP contribution in [0.5, 0.6) is 0 Å². The number of rotatable bonds is 4. The van der Waals surface area contributed by atoms with Gasteiger partial charge >= 0.3 is 5.97 Å². The van der Waals surface area contributed by atoms with Gasteiger partial charge in [-0.05, 0) is 48.1 Å². The summed E-state index contributed by atoms with van der Waals surface area (Å²) in [7, 11) is 0. The summed E-state index contributed by atoms with van der Waals surface area (Å²) in [6, 6.07) is 5.19. The third kappa shape index (κ3) is 3.12. The molecular formula is C12H14FNO2S. The molecule has 3 nitrogen and oxygen atoms in total. The van der Waals surface area contributed by atoms with Crippen LogP contribution >= 0.6 is 11.8 Å². The second-order valence-electron chi connectivity index (χ2n) is 4.09. The van der Waals surface area contributed by atoms with Gasteiger partial charge in [0.2, 0.25) is 0 Å². The van der Waals surface area contributed by atoms with Crippen molar-refractivity contribution in [3.63, 3.8) is 0 Å². The molecule has 0 aromatic heterocycles. The number of halogens is 1. The lowest BCUT2D eigenvalue weighted by atomic mass is 9.99. The zero-order chi connectivity index (χ0) is 12.3. The molecule has 1 aliphatic heterocycles. The van der Waals surface area contributed by atoms with E-state index in [0.29, 0.717) is 5.69 Å². The highest BCUT2D eigenvalue weighted by Crippen LogP contribution is 2.28. The summed E-state index contributed by atoms with van der Waals surface area (Å²) in [5.74, 6) is 0.855. The first-order valence-electron chi connectivity index (χ1n) is 5.49. The average molecular weight is 255 g/mol. The molecule has 17 heavy (non-hydrogen) atoms. The minimum atomic E-state index is -0.846. The van der Waals surface area contributed by atoms with Crippen molar-refractivity contribution < 1.29 is 14.3 Å². The number of thioether (sulfide) groups is 1. The average Bonchev–Trinajstić information content (AvgIpc) is 2.81.